The predicted octanol–water partition coefficient (Wildman–Crippen LogP) is 2.92. The Morgan fingerprint density at radius 3 is 2.21 bits per heavy atom. The highest BCUT2D eigenvalue weighted by atomic mass is 19.1. The largest absolute Gasteiger partial charge is 0.457 e. The van der Waals surface area contributed by atoms with E-state index in [1.54, 1.807) is 13.8 Å². The number of aliphatic hydroxyl groups excluding tert-OH is 1. The van der Waals surface area contributed by atoms with Gasteiger partial charge in [0, 0.05) is 35.5 Å². The molecule has 9 atom stereocenters. The zero-order valence-electron chi connectivity index (χ0n) is 26.2. The van der Waals surface area contributed by atoms with Crippen molar-refractivity contribution in [1.82, 2.24) is 0 Å². The zero-order valence-corrected chi connectivity index (χ0v) is 26.2. The van der Waals surface area contributed by atoms with Crippen molar-refractivity contribution in [2.75, 3.05) is 19.8 Å². The number of hydrogen-bond donors (Lipinski definition) is 1. The molecule has 3 saturated carbocycles. The van der Waals surface area contributed by atoms with Gasteiger partial charge in [0.05, 0.1) is 19.3 Å². The molecule has 0 amide bonds. The summed E-state index contributed by atoms with van der Waals surface area (Å²) in [5.74, 6) is -6.12. The third-order valence-corrected chi connectivity index (χ3v) is 10.7. The van der Waals surface area contributed by atoms with Crippen LogP contribution < -0.4 is 0 Å². The summed E-state index contributed by atoms with van der Waals surface area (Å²) in [6, 6.07) is 0. The Kier molecular flexibility index (Phi) is 10.1. The molecule has 2 unspecified atom stereocenters. The van der Waals surface area contributed by atoms with Crippen LogP contribution >= 0.6 is 0 Å². The Balaban J connectivity index is 1.67. The van der Waals surface area contributed by atoms with E-state index in [4.69, 9.17) is 9.47 Å². The number of fused-ring (bicyclic) bond motifs is 5. The molecule has 4 aliphatic carbocycles. The van der Waals surface area contributed by atoms with Gasteiger partial charge in [-0.05, 0) is 62.7 Å². The second kappa shape index (κ2) is 13.2. The first kappa shape index (κ1) is 35.8. The van der Waals surface area contributed by atoms with E-state index >= 15 is 8.78 Å². The van der Waals surface area contributed by atoms with Gasteiger partial charge in [0.15, 0.2) is 23.7 Å². The van der Waals surface area contributed by atoms with Crippen LogP contribution in [0.15, 0.2) is 23.8 Å². The minimum absolute atomic E-state index is 0.0552. The number of allylic oxidation sites excluding steroid dienone is 4. The molecule has 47 heavy (non-hydrogen) atoms. The van der Waals surface area contributed by atoms with Crippen molar-refractivity contribution < 1.29 is 62.4 Å². The summed E-state index contributed by atoms with van der Waals surface area (Å²) in [7, 11) is 0. The van der Waals surface area contributed by atoms with Gasteiger partial charge in [-0.3, -0.25) is 19.2 Å². The summed E-state index contributed by atoms with van der Waals surface area (Å²) < 4.78 is 44.5. The normalized spacial score (nSPS) is 37.0. The lowest BCUT2D eigenvalue weighted by atomic mass is 9.44. The molecule has 0 aliphatic heterocycles. The first-order valence-corrected chi connectivity index (χ1v) is 15.4. The highest BCUT2D eigenvalue weighted by Gasteiger charge is 2.78. The minimum atomic E-state index is -2.47. The standard InChI is InChI=1S/C30H38F2N2O13/c1-17-12-19-20-14-22(31)21-13-18(35)8-9-27(21,2)29(20,32)23(36)15-28(19,3)30(17,47-26(39)7-5-11-46-34(42)43)24(37)16-44-25(38)6-4-10-45-33(40)41/h8-9,13,17,19-20,22-23,36H,4-7,10-12,14-16H2,1-3H3/t17-,19?,20?,22+,23+,27+,28+,29+,30+/m1/s1. The number of ether oxygens (including phenoxy) is 2. The van der Waals surface area contributed by atoms with Crippen LogP contribution in [-0.4, -0.2) is 82.2 Å². The number of Topliss-reactive ketones (excluding diaryl/α,β-unsaturated/α-hetero) is 1. The van der Waals surface area contributed by atoms with Crippen molar-refractivity contribution in [3.8, 4) is 0 Å². The molecular weight excluding hydrogens is 634 g/mol. The molecular formula is C30H38F2N2O13. The Morgan fingerprint density at radius 2 is 1.62 bits per heavy atom. The highest BCUT2D eigenvalue weighted by Crippen LogP contribution is 2.71. The Labute approximate surface area is 267 Å². The lowest BCUT2D eigenvalue weighted by molar-refractivity contribution is -0.757. The first-order chi connectivity index (χ1) is 21.9. The number of aliphatic hydroxyl groups is 1. The number of ketones is 2. The van der Waals surface area contributed by atoms with E-state index < -0.39 is 125 Å². The molecule has 17 heteroatoms. The molecule has 0 aromatic heterocycles. The van der Waals surface area contributed by atoms with E-state index in [1.165, 1.54) is 13.0 Å². The van der Waals surface area contributed by atoms with Gasteiger partial charge in [0.2, 0.25) is 5.78 Å². The molecule has 0 aromatic rings. The van der Waals surface area contributed by atoms with E-state index in [2.05, 4.69) is 9.68 Å². The van der Waals surface area contributed by atoms with Crippen molar-refractivity contribution in [3.63, 3.8) is 0 Å². The Hall–Kier alpha value is -4.02. The average molecular weight is 673 g/mol. The predicted molar refractivity (Wildman–Crippen MR) is 152 cm³/mol. The van der Waals surface area contributed by atoms with E-state index in [0.29, 0.717) is 0 Å². The minimum Gasteiger partial charge on any atom is -0.457 e. The maximum absolute atomic E-state index is 17.6. The van der Waals surface area contributed by atoms with Gasteiger partial charge in [0.1, 0.15) is 6.17 Å². The molecule has 260 valence electrons. The van der Waals surface area contributed by atoms with Gasteiger partial charge < -0.3 is 24.3 Å². The van der Waals surface area contributed by atoms with Gasteiger partial charge in [-0.25, -0.2) is 8.78 Å². The number of halogens is 2. The molecule has 0 heterocycles. The average Bonchev–Trinajstić information content (AvgIpc) is 3.20. The van der Waals surface area contributed by atoms with Crippen LogP contribution in [0.5, 0.6) is 0 Å². The second-order valence-corrected chi connectivity index (χ2v) is 13.1. The van der Waals surface area contributed by atoms with E-state index in [1.807, 2.05) is 0 Å². The van der Waals surface area contributed by atoms with Crippen molar-refractivity contribution in [1.29, 1.82) is 0 Å². The Bertz CT molecular complexity index is 1390. The van der Waals surface area contributed by atoms with Crippen LogP contribution in [0.1, 0.15) is 65.7 Å². The summed E-state index contributed by atoms with van der Waals surface area (Å²) in [6.45, 7) is 2.81. The highest BCUT2D eigenvalue weighted by molar-refractivity contribution is 6.01. The summed E-state index contributed by atoms with van der Waals surface area (Å²) >= 11 is 0. The monoisotopic (exact) mass is 672 g/mol. The van der Waals surface area contributed by atoms with Crippen molar-refractivity contribution in [2.45, 2.75) is 89.3 Å². The van der Waals surface area contributed by atoms with Gasteiger partial charge in [-0.1, -0.05) is 19.9 Å². The first-order valence-electron chi connectivity index (χ1n) is 15.4. The maximum atomic E-state index is 17.6. The smallest absolute Gasteiger partial charge is 0.306 e. The number of carbonyl (C=O) groups excluding carboxylic acids is 4. The molecule has 3 fully saturated rings. The van der Waals surface area contributed by atoms with Crippen molar-refractivity contribution in [2.24, 2.45) is 28.6 Å². The fourth-order valence-corrected chi connectivity index (χ4v) is 8.66. The van der Waals surface area contributed by atoms with Gasteiger partial charge in [-0.2, -0.15) is 0 Å². The Morgan fingerprint density at radius 1 is 1.02 bits per heavy atom. The van der Waals surface area contributed by atoms with E-state index in [-0.39, 0.29) is 31.3 Å². The van der Waals surface area contributed by atoms with Crippen LogP contribution in [0.2, 0.25) is 0 Å². The summed E-state index contributed by atoms with van der Waals surface area (Å²) in [5.41, 5.74) is -7.85. The maximum Gasteiger partial charge on any atom is 0.306 e. The van der Waals surface area contributed by atoms with Gasteiger partial charge in [0.25, 0.3) is 10.2 Å². The number of carbonyl (C=O) groups is 4. The molecule has 4 rings (SSSR count). The number of hydrogen-bond acceptors (Lipinski definition) is 13. The number of nitrogens with zero attached hydrogens (tertiary/aromatic N) is 2. The molecule has 0 aromatic carbocycles. The van der Waals surface area contributed by atoms with Crippen LogP contribution in [0, 0.1) is 48.8 Å². The summed E-state index contributed by atoms with van der Waals surface area (Å²) in [4.78, 5) is 81.1. The second-order valence-electron chi connectivity index (χ2n) is 13.1. The van der Waals surface area contributed by atoms with Crippen LogP contribution in [0.4, 0.5) is 8.78 Å². The molecule has 0 spiro atoms. The van der Waals surface area contributed by atoms with Crippen molar-refractivity contribution >= 4 is 23.5 Å². The third kappa shape index (κ3) is 6.09. The zero-order chi connectivity index (χ0) is 34.9. The number of alkyl halides is 2. The van der Waals surface area contributed by atoms with Crippen molar-refractivity contribution in [3.05, 3.63) is 44.0 Å². The third-order valence-electron chi connectivity index (χ3n) is 10.7. The molecule has 0 radical (unpaired) electrons. The summed E-state index contributed by atoms with van der Waals surface area (Å²) in [6.07, 6.45) is -1.89. The quantitative estimate of drug-likeness (QED) is 0.122. The molecule has 0 saturated heterocycles. The number of rotatable bonds is 14. The van der Waals surface area contributed by atoms with E-state index in [9.17, 15) is 44.5 Å². The van der Waals surface area contributed by atoms with Crippen LogP contribution in [-0.2, 0) is 38.3 Å². The molecule has 15 nitrogen and oxygen atoms in total. The lowest BCUT2D eigenvalue weighted by Crippen LogP contribution is -2.71. The fourth-order valence-electron chi connectivity index (χ4n) is 8.66. The topological polar surface area (TPSA) is 212 Å². The van der Waals surface area contributed by atoms with E-state index in [0.717, 1.165) is 12.2 Å². The molecule has 4 aliphatic rings. The summed E-state index contributed by atoms with van der Waals surface area (Å²) in [5, 5.41) is 30.4. The fraction of sp³-hybridized carbons (Fsp3) is 0.733. The van der Waals surface area contributed by atoms with Gasteiger partial charge in [-0.15, -0.1) is 20.2 Å². The lowest BCUT2D eigenvalue weighted by Gasteiger charge is -2.63. The van der Waals surface area contributed by atoms with Crippen LogP contribution in [0.25, 0.3) is 0 Å². The number of esters is 2. The van der Waals surface area contributed by atoms with Gasteiger partial charge >= 0.3 is 11.9 Å². The SMILES string of the molecule is C[C@@H]1CC2C3C[C@H](F)C4=CC(=O)C=C[C@]4(C)[C@@]3(F)[C@@H](O)C[C@]2(C)[C@@]1(OC(=O)CCCO[N+](=O)[O-])C(=O)COC(=O)CCCO[N+](=O)[O-]. The van der Waals surface area contributed by atoms with Crippen LogP contribution in [0.3, 0.4) is 0 Å². The molecule has 0 bridgehead atoms. The molecule has 1 N–H and O–H groups in total.